The summed E-state index contributed by atoms with van der Waals surface area (Å²) < 4.78 is 0. The number of nitrogens with zero attached hydrogens (tertiary/aromatic N) is 2. The summed E-state index contributed by atoms with van der Waals surface area (Å²) in [6.45, 7) is 0. The molecule has 0 aliphatic carbocycles. The average Bonchev–Trinajstić information content (AvgIpc) is 3.25. The van der Waals surface area contributed by atoms with Crippen LogP contribution < -0.4 is 9.80 Å². The zero-order valence-electron chi connectivity index (χ0n) is 30.2. The van der Waals surface area contributed by atoms with Crippen molar-refractivity contribution < 1.29 is 0 Å². The van der Waals surface area contributed by atoms with Gasteiger partial charge in [-0.05, 0) is 126 Å². The summed E-state index contributed by atoms with van der Waals surface area (Å²) in [5, 5.41) is 10.0. The minimum absolute atomic E-state index is 0.947. The lowest BCUT2D eigenvalue weighted by Crippen LogP contribution is -2.18. The van der Waals surface area contributed by atoms with E-state index in [0.717, 1.165) is 29.2 Å². The number of hydrogen-bond acceptors (Lipinski definition) is 2. The van der Waals surface area contributed by atoms with E-state index in [-0.39, 0.29) is 0 Å². The molecule has 10 aromatic rings. The summed E-state index contributed by atoms with van der Waals surface area (Å²) in [6, 6.07) is 75.6. The van der Waals surface area contributed by atoms with Gasteiger partial charge in [0.15, 0.2) is 0 Å². The zero-order chi connectivity index (χ0) is 36.3. The van der Waals surface area contributed by atoms with Crippen LogP contribution in [0.15, 0.2) is 206 Å². The standard InChI is InChI=1S/C53H36N2/c1-5-16-48-37(10-1)20-22-40-34-46(28-30-50(40)48)54(47-29-31-51-41(35-47)23-21-38-11-2-6-17-49(38)51)44-26-24-36(25-27-44)39-14-9-15-45(33-39)55-52-18-7-3-12-42(52)32-43-13-4-8-19-53(43)55/h1-31,33-35H,32H2. The number of benzene rings is 10. The fourth-order valence-corrected chi connectivity index (χ4v) is 8.72. The Morgan fingerprint density at radius 2 is 0.818 bits per heavy atom. The first-order valence-corrected chi connectivity index (χ1v) is 19.0. The third-order valence-electron chi connectivity index (χ3n) is 11.4. The van der Waals surface area contributed by atoms with Crippen molar-refractivity contribution in [3.63, 3.8) is 0 Å². The van der Waals surface area contributed by atoms with Gasteiger partial charge in [0.25, 0.3) is 0 Å². The van der Waals surface area contributed by atoms with Crippen LogP contribution in [-0.4, -0.2) is 0 Å². The van der Waals surface area contributed by atoms with Crippen molar-refractivity contribution in [1.82, 2.24) is 0 Å². The van der Waals surface area contributed by atoms with E-state index in [1.165, 1.54) is 76.7 Å². The molecular formula is C53H36N2. The van der Waals surface area contributed by atoms with Gasteiger partial charge in [-0.2, -0.15) is 0 Å². The minimum atomic E-state index is 0.947. The van der Waals surface area contributed by atoms with E-state index in [9.17, 15) is 0 Å². The molecule has 0 atom stereocenters. The Kier molecular flexibility index (Phi) is 7.28. The summed E-state index contributed by atoms with van der Waals surface area (Å²) in [7, 11) is 0. The maximum atomic E-state index is 2.42. The summed E-state index contributed by atoms with van der Waals surface area (Å²) >= 11 is 0. The quantitative estimate of drug-likeness (QED) is 0.165. The zero-order valence-corrected chi connectivity index (χ0v) is 30.2. The lowest BCUT2D eigenvalue weighted by atomic mass is 9.94. The summed E-state index contributed by atoms with van der Waals surface area (Å²) in [5.74, 6) is 0. The predicted molar refractivity (Wildman–Crippen MR) is 234 cm³/mol. The molecule has 0 radical (unpaired) electrons. The topological polar surface area (TPSA) is 6.48 Å². The fourth-order valence-electron chi connectivity index (χ4n) is 8.72. The first-order chi connectivity index (χ1) is 27.2. The molecule has 11 rings (SSSR count). The molecule has 2 heteroatoms. The van der Waals surface area contributed by atoms with Crippen LogP contribution in [0.3, 0.4) is 0 Å². The van der Waals surface area contributed by atoms with Crippen molar-refractivity contribution in [2.24, 2.45) is 0 Å². The van der Waals surface area contributed by atoms with Gasteiger partial charge in [-0.1, -0.05) is 146 Å². The summed E-state index contributed by atoms with van der Waals surface area (Å²) in [6.07, 6.45) is 0.947. The lowest BCUT2D eigenvalue weighted by Gasteiger charge is -2.33. The molecule has 0 saturated carbocycles. The van der Waals surface area contributed by atoms with Crippen molar-refractivity contribution in [2.75, 3.05) is 9.80 Å². The van der Waals surface area contributed by atoms with Crippen molar-refractivity contribution in [3.8, 4) is 11.1 Å². The van der Waals surface area contributed by atoms with Crippen molar-refractivity contribution >= 4 is 77.2 Å². The maximum absolute atomic E-state index is 2.42. The molecule has 10 aromatic carbocycles. The number of para-hydroxylation sites is 2. The van der Waals surface area contributed by atoms with E-state index in [2.05, 4.69) is 216 Å². The van der Waals surface area contributed by atoms with E-state index < -0.39 is 0 Å². The monoisotopic (exact) mass is 700 g/mol. The highest BCUT2D eigenvalue weighted by atomic mass is 15.2. The van der Waals surface area contributed by atoms with Gasteiger partial charge in [0.1, 0.15) is 0 Å². The smallest absolute Gasteiger partial charge is 0.0497 e. The molecule has 0 spiro atoms. The molecule has 0 amide bonds. The Bertz CT molecular complexity index is 2920. The predicted octanol–water partition coefficient (Wildman–Crippen LogP) is 14.8. The molecule has 0 N–H and O–H groups in total. The Hall–Kier alpha value is -7.16. The van der Waals surface area contributed by atoms with E-state index in [1.54, 1.807) is 0 Å². The van der Waals surface area contributed by atoms with Gasteiger partial charge in [0.05, 0.1) is 0 Å². The Morgan fingerprint density at radius 1 is 0.327 bits per heavy atom. The van der Waals surface area contributed by atoms with Crippen LogP contribution >= 0.6 is 0 Å². The second-order valence-corrected chi connectivity index (χ2v) is 14.6. The second-order valence-electron chi connectivity index (χ2n) is 14.6. The first kappa shape index (κ1) is 31.4. The molecule has 0 unspecified atom stereocenters. The van der Waals surface area contributed by atoms with Gasteiger partial charge in [0.2, 0.25) is 0 Å². The van der Waals surface area contributed by atoms with Gasteiger partial charge in [-0.3, -0.25) is 0 Å². The van der Waals surface area contributed by atoms with Gasteiger partial charge in [0, 0.05) is 40.5 Å². The summed E-state index contributed by atoms with van der Waals surface area (Å²) in [4.78, 5) is 4.81. The highest BCUT2D eigenvalue weighted by Gasteiger charge is 2.24. The highest BCUT2D eigenvalue weighted by molar-refractivity contribution is 6.10. The van der Waals surface area contributed by atoms with Gasteiger partial charge < -0.3 is 9.80 Å². The molecule has 1 aliphatic rings. The second kappa shape index (κ2) is 12.8. The van der Waals surface area contributed by atoms with Gasteiger partial charge in [-0.15, -0.1) is 0 Å². The molecule has 0 bridgehead atoms. The van der Waals surface area contributed by atoms with Crippen LogP contribution in [0.1, 0.15) is 11.1 Å². The van der Waals surface area contributed by atoms with Crippen molar-refractivity contribution in [3.05, 3.63) is 217 Å². The van der Waals surface area contributed by atoms with Crippen LogP contribution in [0.4, 0.5) is 34.1 Å². The fraction of sp³-hybridized carbons (Fsp3) is 0.0189. The third kappa shape index (κ3) is 5.34. The molecule has 0 aromatic heterocycles. The molecule has 0 fully saturated rings. The van der Waals surface area contributed by atoms with E-state index in [1.807, 2.05) is 0 Å². The van der Waals surface area contributed by atoms with Crippen LogP contribution in [0.25, 0.3) is 54.2 Å². The molecule has 1 aliphatic heterocycles. The lowest BCUT2D eigenvalue weighted by molar-refractivity contribution is 1.09. The van der Waals surface area contributed by atoms with Crippen LogP contribution in [-0.2, 0) is 6.42 Å². The number of rotatable bonds is 5. The highest BCUT2D eigenvalue weighted by Crippen LogP contribution is 2.45. The normalized spacial score (nSPS) is 12.3. The molecule has 258 valence electrons. The van der Waals surface area contributed by atoms with E-state index >= 15 is 0 Å². The first-order valence-electron chi connectivity index (χ1n) is 19.0. The van der Waals surface area contributed by atoms with Crippen LogP contribution in [0, 0.1) is 0 Å². The molecule has 0 saturated heterocycles. The van der Waals surface area contributed by atoms with Crippen molar-refractivity contribution in [2.45, 2.75) is 6.42 Å². The number of fused-ring (bicyclic) bond motifs is 8. The Labute approximate surface area is 320 Å². The number of hydrogen-bond donors (Lipinski definition) is 0. The molecular weight excluding hydrogens is 665 g/mol. The Morgan fingerprint density at radius 3 is 1.42 bits per heavy atom. The van der Waals surface area contributed by atoms with Gasteiger partial charge in [-0.25, -0.2) is 0 Å². The van der Waals surface area contributed by atoms with Crippen LogP contribution in [0.2, 0.25) is 0 Å². The number of anilines is 6. The van der Waals surface area contributed by atoms with Crippen molar-refractivity contribution in [1.29, 1.82) is 0 Å². The van der Waals surface area contributed by atoms with E-state index in [4.69, 9.17) is 0 Å². The molecule has 2 nitrogen and oxygen atoms in total. The largest absolute Gasteiger partial charge is 0.310 e. The third-order valence-corrected chi connectivity index (χ3v) is 11.4. The van der Waals surface area contributed by atoms with Gasteiger partial charge >= 0.3 is 0 Å². The van der Waals surface area contributed by atoms with Crippen LogP contribution in [0.5, 0.6) is 0 Å². The molecule has 55 heavy (non-hydrogen) atoms. The Balaban J connectivity index is 1.02. The van der Waals surface area contributed by atoms with E-state index in [0.29, 0.717) is 0 Å². The summed E-state index contributed by atoms with van der Waals surface area (Å²) in [5.41, 5.74) is 12.1. The minimum Gasteiger partial charge on any atom is -0.310 e. The average molecular weight is 701 g/mol. The maximum Gasteiger partial charge on any atom is 0.0497 e. The SMILES string of the molecule is c1cc(-c2ccc(N(c3ccc4c(ccc5ccccc54)c3)c3ccc4c(ccc5ccccc54)c3)cc2)cc(N2c3ccccc3Cc3ccccc32)c1. The molecule has 1 heterocycles.